The first-order valence-corrected chi connectivity index (χ1v) is 6.20. The van der Waals surface area contributed by atoms with E-state index in [-0.39, 0.29) is 11.5 Å². The fourth-order valence-corrected chi connectivity index (χ4v) is 1.62. The molecule has 0 aliphatic carbocycles. The van der Waals surface area contributed by atoms with Crippen LogP contribution in [0, 0.1) is 0 Å². The minimum Gasteiger partial charge on any atom is -0.478 e. The number of halogens is 1. The summed E-state index contributed by atoms with van der Waals surface area (Å²) < 4.78 is 0.457. The number of hydrogen-bond donors (Lipinski definition) is 3. The Kier molecular flexibility index (Phi) is 4.48. The van der Waals surface area contributed by atoms with Crippen molar-refractivity contribution in [3.05, 3.63) is 28.2 Å². The lowest BCUT2D eigenvalue weighted by Crippen LogP contribution is -2.47. The largest absolute Gasteiger partial charge is 0.478 e. The van der Waals surface area contributed by atoms with Crippen molar-refractivity contribution < 1.29 is 14.7 Å². The Hall–Kier alpha value is -1.40. The van der Waals surface area contributed by atoms with Gasteiger partial charge in [0.25, 0.3) is 0 Å². The van der Waals surface area contributed by atoms with Crippen LogP contribution in [0.5, 0.6) is 0 Å². The zero-order chi connectivity index (χ0) is 13.9. The average molecular weight is 315 g/mol. The molecule has 1 aromatic carbocycles. The summed E-state index contributed by atoms with van der Waals surface area (Å²) in [7, 11) is 0. The standard InChI is InChI=1S/C12H15BrN2O3/c1-3-12(2,14)11(18)15-7-4-5-9(13)8(6-7)10(16)17/h4-6H,3,14H2,1-2H3,(H,15,18)(H,16,17). The third-order valence-corrected chi connectivity index (χ3v) is 3.40. The van der Waals surface area contributed by atoms with E-state index in [1.54, 1.807) is 19.1 Å². The summed E-state index contributed by atoms with van der Waals surface area (Å²) in [5.74, 6) is -1.41. The Balaban J connectivity index is 2.96. The summed E-state index contributed by atoms with van der Waals surface area (Å²) in [6, 6.07) is 4.56. The maximum atomic E-state index is 11.8. The highest BCUT2D eigenvalue weighted by Gasteiger charge is 2.26. The number of carbonyl (C=O) groups is 2. The molecule has 0 aromatic heterocycles. The van der Waals surface area contributed by atoms with E-state index in [0.717, 1.165) is 0 Å². The number of carboxylic acid groups (broad SMARTS) is 1. The molecule has 98 valence electrons. The van der Waals surface area contributed by atoms with Crippen molar-refractivity contribution in [2.24, 2.45) is 5.73 Å². The minimum absolute atomic E-state index is 0.0861. The van der Waals surface area contributed by atoms with Gasteiger partial charge in [0.1, 0.15) is 0 Å². The van der Waals surface area contributed by atoms with Crippen molar-refractivity contribution >= 4 is 33.5 Å². The molecular formula is C12H15BrN2O3. The molecule has 0 bridgehead atoms. The van der Waals surface area contributed by atoms with Crippen LogP contribution in [0.1, 0.15) is 30.6 Å². The zero-order valence-corrected chi connectivity index (χ0v) is 11.7. The van der Waals surface area contributed by atoms with Gasteiger partial charge in [-0.3, -0.25) is 4.79 Å². The number of benzene rings is 1. The topological polar surface area (TPSA) is 92.4 Å². The SMILES string of the molecule is CCC(C)(N)C(=O)Nc1ccc(Br)c(C(=O)O)c1. The third-order valence-electron chi connectivity index (χ3n) is 2.71. The molecule has 0 fully saturated rings. The van der Waals surface area contributed by atoms with Crippen molar-refractivity contribution in [1.29, 1.82) is 0 Å². The Labute approximate surface area is 113 Å². The maximum Gasteiger partial charge on any atom is 0.336 e. The minimum atomic E-state index is -1.07. The number of carbonyl (C=O) groups excluding carboxylic acids is 1. The van der Waals surface area contributed by atoms with Crippen molar-refractivity contribution in [2.75, 3.05) is 5.32 Å². The van der Waals surface area contributed by atoms with Crippen LogP contribution in [0.3, 0.4) is 0 Å². The van der Waals surface area contributed by atoms with Crippen molar-refractivity contribution in [2.45, 2.75) is 25.8 Å². The fourth-order valence-electron chi connectivity index (χ4n) is 1.20. The lowest BCUT2D eigenvalue weighted by Gasteiger charge is -2.21. The molecule has 6 heteroatoms. The van der Waals surface area contributed by atoms with Gasteiger partial charge in [-0.15, -0.1) is 0 Å². The summed E-state index contributed by atoms with van der Waals surface area (Å²) in [5, 5.41) is 11.6. The highest BCUT2D eigenvalue weighted by Crippen LogP contribution is 2.22. The smallest absolute Gasteiger partial charge is 0.336 e. The first kappa shape index (κ1) is 14.7. The number of nitrogens with two attached hydrogens (primary N) is 1. The van der Waals surface area contributed by atoms with Crippen molar-refractivity contribution in [3.63, 3.8) is 0 Å². The molecule has 1 unspecified atom stereocenters. The maximum absolute atomic E-state index is 11.8. The molecule has 0 saturated heterocycles. The van der Waals surface area contributed by atoms with Gasteiger partial charge in [-0.2, -0.15) is 0 Å². The van der Waals surface area contributed by atoms with Gasteiger partial charge in [0.15, 0.2) is 0 Å². The van der Waals surface area contributed by atoms with Crippen LogP contribution in [0.25, 0.3) is 0 Å². The average Bonchev–Trinajstić information content (AvgIpc) is 2.31. The van der Waals surface area contributed by atoms with Gasteiger partial charge in [0.05, 0.1) is 11.1 Å². The molecule has 5 nitrogen and oxygen atoms in total. The number of rotatable bonds is 4. The van der Waals surface area contributed by atoms with Gasteiger partial charge in [0, 0.05) is 10.2 Å². The number of anilines is 1. The zero-order valence-electron chi connectivity index (χ0n) is 10.2. The summed E-state index contributed by atoms with van der Waals surface area (Å²) in [6.45, 7) is 3.43. The number of nitrogens with one attached hydrogen (secondary N) is 1. The molecule has 0 aliphatic heterocycles. The molecule has 1 amide bonds. The predicted octanol–water partition coefficient (Wildman–Crippen LogP) is 2.21. The van der Waals surface area contributed by atoms with Crippen molar-refractivity contribution in [1.82, 2.24) is 0 Å². The molecule has 0 spiro atoms. The van der Waals surface area contributed by atoms with Crippen LogP contribution >= 0.6 is 15.9 Å². The van der Waals surface area contributed by atoms with Gasteiger partial charge in [-0.1, -0.05) is 6.92 Å². The molecule has 0 heterocycles. The Bertz CT molecular complexity index is 486. The van der Waals surface area contributed by atoms with E-state index in [0.29, 0.717) is 16.6 Å². The Morgan fingerprint density at radius 3 is 2.61 bits per heavy atom. The van der Waals surface area contributed by atoms with Crippen LogP contribution in [0.15, 0.2) is 22.7 Å². The summed E-state index contributed by atoms with van der Waals surface area (Å²) in [6.07, 6.45) is 0.487. The molecule has 0 aliphatic rings. The van der Waals surface area contributed by atoms with Crippen LogP contribution in [0.4, 0.5) is 5.69 Å². The summed E-state index contributed by atoms with van der Waals surface area (Å²) >= 11 is 3.13. The molecule has 1 aromatic rings. The van der Waals surface area contributed by atoms with E-state index < -0.39 is 11.5 Å². The number of aromatic carboxylic acids is 1. The van der Waals surface area contributed by atoms with Crippen molar-refractivity contribution in [3.8, 4) is 0 Å². The monoisotopic (exact) mass is 314 g/mol. The fraction of sp³-hybridized carbons (Fsp3) is 0.333. The number of amides is 1. The van der Waals surface area contributed by atoms with E-state index in [1.807, 2.05) is 6.92 Å². The summed E-state index contributed by atoms with van der Waals surface area (Å²) in [5.41, 5.74) is 5.32. The first-order valence-electron chi connectivity index (χ1n) is 5.41. The van der Waals surface area contributed by atoms with Crippen LogP contribution in [-0.4, -0.2) is 22.5 Å². The molecule has 1 atom stereocenters. The van der Waals surface area contributed by atoms with Crippen LogP contribution < -0.4 is 11.1 Å². The van der Waals surface area contributed by atoms with Gasteiger partial charge in [0.2, 0.25) is 5.91 Å². The first-order chi connectivity index (χ1) is 8.27. The highest BCUT2D eigenvalue weighted by atomic mass is 79.9. The Morgan fingerprint density at radius 2 is 2.11 bits per heavy atom. The van der Waals surface area contributed by atoms with Crippen LogP contribution in [0.2, 0.25) is 0 Å². The second-order valence-corrected chi connectivity index (χ2v) is 5.08. The van der Waals surface area contributed by atoms with Gasteiger partial charge >= 0.3 is 5.97 Å². The number of hydrogen-bond acceptors (Lipinski definition) is 3. The molecule has 1 rings (SSSR count). The van der Waals surface area contributed by atoms with Gasteiger partial charge in [-0.25, -0.2) is 4.79 Å². The lowest BCUT2D eigenvalue weighted by atomic mass is 9.99. The number of carboxylic acids is 1. The van der Waals surface area contributed by atoms with E-state index >= 15 is 0 Å². The van der Waals surface area contributed by atoms with E-state index in [4.69, 9.17) is 10.8 Å². The van der Waals surface area contributed by atoms with E-state index in [1.165, 1.54) is 6.07 Å². The quantitative estimate of drug-likeness (QED) is 0.794. The molecular weight excluding hydrogens is 300 g/mol. The summed E-state index contributed by atoms with van der Waals surface area (Å²) in [4.78, 5) is 22.8. The highest BCUT2D eigenvalue weighted by molar-refractivity contribution is 9.10. The molecule has 4 N–H and O–H groups in total. The molecule has 0 saturated carbocycles. The van der Waals surface area contributed by atoms with E-state index in [9.17, 15) is 9.59 Å². The second-order valence-electron chi connectivity index (χ2n) is 4.22. The normalized spacial score (nSPS) is 13.8. The Morgan fingerprint density at radius 1 is 1.50 bits per heavy atom. The van der Waals surface area contributed by atoms with Crippen LogP contribution in [-0.2, 0) is 4.79 Å². The second kappa shape index (κ2) is 5.49. The van der Waals surface area contributed by atoms with E-state index in [2.05, 4.69) is 21.2 Å². The lowest BCUT2D eigenvalue weighted by molar-refractivity contribution is -0.120. The predicted molar refractivity (Wildman–Crippen MR) is 72.6 cm³/mol. The third kappa shape index (κ3) is 3.30. The van der Waals surface area contributed by atoms with Gasteiger partial charge < -0.3 is 16.2 Å². The van der Waals surface area contributed by atoms with Gasteiger partial charge in [-0.05, 0) is 47.5 Å². The molecule has 0 radical (unpaired) electrons. The molecule has 18 heavy (non-hydrogen) atoms.